The van der Waals surface area contributed by atoms with Gasteiger partial charge in [-0.05, 0) is 36.8 Å². The summed E-state index contributed by atoms with van der Waals surface area (Å²) in [6.45, 7) is 4.45. The lowest BCUT2D eigenvalue weighted by molar-refractivity contribution is -0.142. The van der Waals surface area contributed by atoms with Gasteiger partial charge in [0.1, 0.15) is 0 Å². The van der Waals surface area contributed by atoms with E-state index in [1.165, 1.54) is 39.2 Å². The number of carbonyl (C=O) groups excluding carboxylic acids is 2. The normalized spacial score (nSPS) is 21.6. The molecule has 1 saturated carbocycles. The van der Waals surface area contributed by atoms with Gasteiger partial charge in [-0.25, -0.2) is 4.98 Å². The van der Waals surface area contributed by atoms with Crippen LogP contribution in [0.2, 0.25) is 0 Å². The fourth-order valence-electron chi connectivity index (χ4n) is 6.63. The maximum Gasteiger partial charge on any atom is 0.309 e. The number of thioether (sulfide) groups is 1. The average Bonchev–Trinajstić information content (AvgIpc) is 3.51. The van der Waals surface area contributed by atoms with Crippen molar-refractivity contribution in [2.45, 2.75) is 93.9 Å². The van der Waals surface area contributed by atoms with Gasteiger partial charge in [0.2, 0.25) is 5.91 Å². The number of nitrogens with zero attached hydrogens (tertiary/aromatic N) is 4. The summed E-state index contributed by atoms with van der Waals surface area (Å²) in [6.07, 6.45) is 9.11. The van der Waals surface area contributed by atoms with E-state index < -0.39 is 0 Å². The maximum atomic E-state index is 13.9. The molecular weight excluding hydrogens is 552 g/mol. The molecule has 0 unspecified atom stereocenters. The van der Waals surface area contributed by atoms with E-state index in [2.05, 4.69) is 4.90 Å². The zero-order chi connectivity index (χ0) is 29.1. The van der Waals surface area contributed by atoms with Crippen molar-refractivity contribution in [3.63, 3.8) is 0 Å². The molecule has 1 aliphatic carbocycles. The predicted octanol–water partition coefficient (Wildman–Crippen LogP) is 3.58. The van der Waals surface area contributed by atoms with Crippen LogP contribution in [0.4, 0.5) is 0 Å². The van der Waals surface area contributed by atoms with Crippen molar-refractivity contribution in [2.24, 2.45) is 5.92 Å². The molecule has 9 nitrogen and oxygen atoms in total. The fraction of sp³-hybridized carbons (Fsp3) is 0.625. The molecule has 1 amide bonds. The fourth-order valence-corrected chi connectivity index (χ4v) is 7.94. The van der Waals surface area contributed by atoms with Crippen molar-refractivity contribution in [1.82, 2.24) is 19.4 Å². The highest BCUT2D eigenvalue weighted by molar-refractivity contribution is 7.99. The molecule has 2 saturated heterocycles. The standard InChI is InChI=1S/C32H42N4O5S/c1-40-29(37)16-22-9-11-23(12-10-22)17-34-18-24(19-34)30(38)35-14-13-28-27(21-35)31(39)36(20-25-6-5-15-41-25)32(33-28)42-26-7-3-2-4-8-26/h9-12,24-26H,2-8,13-21H2,1H3/t25-/m0/s1. The van der Waals surface area contributed by atoms with Gasteiger partial charge in [0.05, 0.1) is 49.9 Å². The third-order valence-electron chi connectivity index (χ3n) is 9.14. The molecule has 1 aromatic heterocycles. The van der Waals surface area contributed by atoms with E-state index >= 15 is 0 Å². The quantitative estimate of drug-likeness (QED) is 0.321. The van der Waals surface area contributed by atoms with Crippen molar-refractivity contribution in [2.75, 3.05) is 33.4 Å². The summed E-state index contributed by atoms with van der Waals surface area (Å²) in [7, 11) is 1.40. The monoisotopic (exact) mass is 594 g/mol. The minimum absolute atomic E-state index is 0.0113. The van der Waals surface area contributed by atoms with Crippen LogP contribution in [0.1, 0.15) is 67.3 Å². The summed E-state index contributed by atoms with van der Waals surface area (Å²) >= 11 is 1.78. The first-order valence-electron chi connectivity index (χ1n) is 15.5. The van der Waals surface area contributed by atoms with Crippen LogP contribution >= 0.6 is 11.8 Å². The van der Waals surface area contributed by atoms with E-state index in [1.807, 2.05) is 33.7 Å². The van der Waals surface area contributed by atoms with Gasteiger partial charge in [-0.2, -0.15) is 0 Å². The summed E-state index contributed by atoms with van der Waals surface area (Å²) < 4.78 is 12.5. The van der Waals surface area contributed by atoms with Crippen molar-refractivity contribution in [3.8, 4) is 0 Å². The number of fused-ring (bicyclic) bond motifs is 1. The number of hydrogen-bond acceptors (Lipinski definition) is 8. The van der Waals surface area contributed by atoms with Crippen LogP contribution in [0.25, 0.3) is 0 Å². The third kappa shape index (κ3) is 6.76. The summed E-state index contributed by atoms with van der Waals surface area (Å²) in [5, 5.41) is 1.36. The van der Waals surface area contributed by atoms with Gasteiger partial charge in [0.25, 0.3) is 5.56 Å². The van der Waals surface area contributed by atoms with Gasteiger partial charge in [-0.15, -0.1) is 0 Å². The van der Waals surface area contributed by atoms with E-state index in [-0.39, 0.29) is 35.9 Å². The Hall–Kier alpha value is -2.69. The van der Waals surface area contributed by atoms with E-state index in [1.54, 1.807) is 11.8 Å². The number of esters is 1. The Labute approximate surface area is 251 Å². The van der Waals surface area contributed by atoms with Crippen LogP contribution in [0.5, 0.6) is 0 Å². The lowest BCUT2D eigenvalue weighted by Gasteiger charge is -2.41. The second-order valence-electron chi connectivity index (χ2n) is 12.2. The minimum Gasteiger partial charge on any atom is -0.469 e. The van der Waals surface area contributed by atoms with E-state index in [4.69, 9.17) is 14.5 Å². The second kappa shape index (κ2) is 13.3. The zero-order valence-corrected chi connectivity index (χ0v) is 25.4. The number of likely N-dealkylation sites (tertiary alicyclic amines) is 1. The molecule has 0 spiro atoms. The van der Waals surface area contributed by atoms with Crippen molar-refractivity contribution >= 4 is 23.6 Å². The number of methoxy groups -OCH3 is 1. The Kier molecular flexibility index (Phi) is 9.31. The highest BCUT2D eigenvalue weighted by Gasteiger charge is 2.37. The van der Waals surface area contributed by atoms with Crippen LogP contribution in [-0.2, 0) is 51.5 Å². The molecule has 3 fully saturated rings. The molecule has 10 heteroatoms. The molecule has 0 N–H and O–H groups in total. The van der Waals surface area contributed by atoms with Gasteiger partial charge < -0.3 is 14.4 Å². The van der Waals surface area contributed by atoms with Crippen molar-refractivity contribution < 1.29 is 19.1 Å². The number of benzene rings is 1. The largest absolute Gasteiger partial charge is 0.469 e. The Morgan fingerprint density at radius 2 is 1.81 bits per heavy atom. The lowest BCUT2D eigenvalue weighted by Crippen LogP contribution is -2.55. The SMILES string of the molecule is COC(=O)Cc1ccc(CN2CC(C(=O)N3CCc4nc(SC5CCCCC5)n(C[C@@H]5CCCO5)c(=O)c4C3)C2)cc1. The maximum absolute atomic E-state index is 13.9. The van der Waals surface area contributed by atoms with Gasteiger partial charge in [0, 0.05) is 44.5 Å². The van der Waals surface area contributed by atoms with Gasteiger partial charge in [-0.3, -0.25) is 23.9 Å². The van der Waals surface area contributed by atoms with Crippen LogP contribution in [0.15, 0.2) is 34.2 Å². The first-order chi connectivity index (χ1) is 20.5. The first kappa shape index (κ1) is 29.4. The van der Waals surface area contributed by atoms with E-state index in [0.717, 1.165) is 48.0 Å². The predicted molar refractivity (Wildman–Crippen MR) is 160 cm³/mol. The molecule has 4 heterocycles. The molecule has 0 radical (unpaired) electrons. The number of aromatic nitrogens is 2. The second-order valence-corrected chi connectivity index (χ2v) is 13.5. The number of rotatable bonds is 9. The Balaban J connectivity index is 1.09. The van der Waals surface area contributed by atoms with E-state index in [9.17, 15) is 14.4 Å². The van der Waals surface area contributed by atoms with Crippen LogP contribution < -0.4 is 5.56 Å². The molecule has 4 aliphatic rings. The first-order valence-corrected chi connectivity index (χ1v) is 16.4. The molecule has 0 bridgehead atoms. The van der Waals surface area contributed by atoms with Crippen LogP contribution in [0, 0.1) is 5.92 Å². The number of carbonyl (C=O) groups is 2. The van der Waals surface area contributed by atoms with Gasteiger partial charge in [-0.1, -0.05) is 55.3 Å². The summed E-state index contributed by atoms with van der Waals surface area (Å²) in [5.74, 6) is -0.159. The number of amides is 1. The molecular formula is C32H42N4O5S. The number of ether oxygens (including phenoxy) is 2. The Morgan fingerprint density at radius 3 is 2.52 bits per heavy atom. The molecule has 2 aromatic rings. The molecule has 3 aliphatic heterocycles. The van der Waals surface area contributed by atoms with E-state index in [0.29, 0.717) is 50.0 Å². The zero-order valence-electron chi connectivity index (χ0n) is 24.6. The highest BCUT2D eigenvalue weighted by Crippen LogP contribution is 2.34. The van der Waals surface area contributed by atoms with Crippen LogP contribution in [-0.4, -0.2) is 75.9 Å². The molecule has 226 valence electrons. The number of hydrogen-bond donors (Lipinski definition) is 0. The van der Waals surface area contributed by atoms with Crippen molar-refractivity contribution in [1.29, 1.82) is 0 Å². The molecule has 1 atom stereocenters. The molecule has 42 heavy (non-hydrogen) atoms. The average molecular weight is 595 g/mol. The summed E-state index contributed by atoms with van der Waals surface area (Å²) in [5.41, 5.74) is 3.65. The smallest absolute Gasteiger partial charge is 0.309 e. The highest BCUT2D eigenvalue weighted by atomic mass is 32.2. The molecule has 1 aromatic carbocycles. The Morgan fingerprint density at radius 1 is 1.05 bits per heavy atom. The summed E-state index contributed by atoms with van der Waals surface area (Å²) in [6, 6.07) is 7.98. The van der Waals surface area contributed by atoms with Gasteiger partial charge >= 0.3 is 5.97 Å². The van der Waals surface area contributed by atoms with Gasteiger partial charge in [0.15, 0.2) is 5.16 Å². The third-order valence-corrected chi connectivity index (χ3v) is 10.5. The minimum atomic E-state index is -0.247. The van der Waals surface area contributed by atoms with Crippen molar-refractivity contribution in [3.05, 3.63) is 57.0 Å². The molecule has 6 rings (SSSR count). The Bertz CT molecular complexity index is 1330. The van der Waals surface area contributed by atoms with Crippen LogP contribution in [0.3, 0.4) is 0 Å². The summed E-state index contributed by atoms with van der Waals surface area (Å²) in [4.78, 5) is 48.1. The lowest BCUT2D eigenvalue weighted by atomic mass is 9.95. The topological polar surface area (TPSA) is 94.0 Å².